The predicted molar refractivity (Wildman–Crippen MR) is 99.7 cm³/mol. The SMILES string of the molecule is Cc1ccc(Cl)cc1N1CCN(C(=O)CCc2ccccc2)CC1. The number of aryl methyl sites for hydroxylation is 2. The van der Waals surface area contributed by atoms with E-state index in [1.165, 1.54) is 16.8 Å². The van der Waals surface area contributed by atoms with E-state index >= 15 is 0 Å². The molecule has 3 rings (SSSR count). The summed E-state index contributed by atoms with van der Waals surface area (Å²) in [5, 5.41) is 0.761. The van der Waals surface area contributed by atoms with Crippen molar-refractivity contribution in [2.75, 3.05) is 31.1 Å². The van der Waals surface area contributed by atoms with Crippen molar-refractivity contribution in [3.63, 3.8) is 0 Å². The molecule has 0 bridgehead atoms. The first kappa shape index (κ1) is 16.8. The monoisotopic (exact) mass is 342 g/mol. The average Bonchev–Trinajstić information content (AvgIpc) is 2.63. The Balaban J connectivity index is 1.53. The lowest BCUT2D eigenvalue weighted by Crippen LogP contribution is -2.49. The minimum absolute atomic E-state index is 0.251. The van der Waals surface area contributed by atoms with Gasteiger partial charge in [0.25, 0.3) is 0 Å². The number of benzene rings is 2. The minimum atomic E-state index is 0.251. The molecule has 0 atom stereocenters. The molecule has 0 saturated carbocycles. The molecule has 0 unspecified atom stereocenters. The maximum Gasteiger partial charge on any atom is 0.223 e. The molecule has 1 amide bonds. The van der Waals surface area contributed by atoms with Gasteiger partial charge in [-0.25, -0.2) is 0 Å². The van der Waals surface area contributed by atoms with E-state index in [1.807, 2.05) is 35.2 Å². The van der Waals surface area contributed by atoms with Crippen LogP contribution in [0.3, 0.4) is 0 Å². The number of piperazine rings is 1. The normalized spacial score (nSPS) is 14.8. The quantitative estimate of drug-likeness (QED) is 0.840. The van der Waals surface area contributed by atoms with Gasteiger partial charge in [-0.15, -0.1) is 0 Å². The van der Waals surface area contributed by atoms with Crippen molar-refractivity contribution in [3.8, 4) is 0 Å². The summed E-state index contributed by atoms with van der Waals surface area (Å²) in [6.45, 7) is 5.37. The Morgan fingerprint density at radius 1 is 1.04 bits per heavy atom. The zero-order valence-corrected chi connectivity index (χ0v) is 14.8. The van der Waals surface area contributed by atoms with Gasteiger partial charge in [-0.2, -0.15) is 0 Å². The van der Waals surface area contributed by atoms with Crippen LogP contribution in [-0.4, -0.2) is 37.0 Å². The van der Waals surface area contributed by atoms with E-state index in [-0.39, 0.29) is 5.91 Å². The standard InChI is InChI=1S/C20H23ClN2O/c1-16-7-9-18(21)15-19(16)22-11-13-23(14-12-22)20(24)10-8-17-5-3-2-4-6-17/h2-7,9,15H,8,10-14H2,1H3. The van der Waals surface area contributed by atoms with Gasteiger partial charge < -0.3 is 9.80 Å². The number of halogens is 1. The molecule has 0 N–H and O–H groups in total. The van der Waals surface area contributed by atoms with Crippen molar-refractivity contribution in [1.29, 1.82) is 0 Å². The summed E-state index contributed by atoms with van der Waals surface area (Å²) >= 11 is 6.12. The Labute approximate surface area is 148 Å². The first-order valence-electron chi connectivity index (χ1n) is 8.46. The molecule has 1 aliphatic heterocycles. The number of nitrogens with zero attached hydrogens (tertiary/aromatic N) is 2. The van der Waals surface area contributed by atoms with Crippen molar-refractivity contribution in [1.82, 2.24) is 4.90 Å². The number of carbonyl (C=O) groups is 1. The van der Waals surface area contributed by atoms with Crippen molar-refractivity contribution in [3.05, 3.63) is 64.7 Å². The van der Waals surface area contributed by atoms with E-state index in [0.717, 1.165) is 37.6 Å². The second-order valence-electron chi connectivity index (χ2n) is 6.28. The number of hydrogen-bond donors (Lipinski definition) is 0. The summed E-state index contributed by atoms with van der Waals surface area (Å²) in [4.78, 5) is 16.7. The molecule has 0 radical (unpaired) electrons. The molecule has 2 aromatic rings. The molecule has 4 heteroatoms. The zero-order valence-electron chi connectivity index (χ0n) is 14.0. The summed E-state index contributed by atoms with van der Waals surface area (Å²) in [7, 11) is 0. The van der Waals surface area contributed by atoms with Gasteiger partial charge in [0.2, 0.25) is 5.91 Å². The number of anilines is 1. The second kappa shape index (κ2) is 7.71. The summed E-state index contributed by atoms with van der Waals surface area (Å²) in [6, 6.07) is 16.2. The number of hydrogen-bond acceptors (Lipinski definition) is 2. The molecule has 0 aliphatic carbocycles. The summed E-state index contributed by atoms with van der Waals surface area (Å²) in [5.41, 5.74) is 3.63. The van der Waals surface area contributed by atoms with Crippen molar-refractivity contribution in [2.24, 2.45) is 0 Å². The Bertz CT molecular complexity index is 694. The molecule has 1 heterocycles. The fourth-order valence-corrected chi connectivity index (χ4v) is 3.34. The molecular weight excluding hydrogens is 320 g/mol. The highest BCUT2D eigenvalue weighted by Gasteiger charge is 2.21. The lowest BCUT2D eigenvalue weighted by molar-refractivity contribution is -0.131. The largest absolute Gasteiger partial charge is 0.368 e. The van der Waals surface area contributed by atoms with Gasteiger partial charge >= 0.3 is 0 Å². The second-order valence-corrected chi connectivity index (χ2v) is 6.72. The minimum Gasteiger partial charge on any atom is -0.368 e. The van der Waals surface area contributed by atoms with Gasteiger partial charge in [0.15, 0.2) is 0 Å². The van der Waals surface area contributed by atoms with Gasteiger partial charge in [-0.05, 0) is 36.6 Å². The molecule has 1 fully saturated rings. The lowest BCUT2D eigenvalue weighted by atomic mass is 10.1. The molecule has 126 valence electrons. The van der Waals surface area contributed by atoms with E-state index in [9.17, 15) is 4.79 Å². The Hall–Kier alpha value is -2.00. The van der Waals surface area contributed by atoms with Gasteiger partial charge in [-0.3, -0.25) is 4.79 Å². The lowest BCUT2D eigenvalue weighted by Gasteiger charge is -2.37. The van der Waals surface area contributed by atoms with Crippen LogP contribution in [0.2, 0.25) is 5.02 Å². The maximum absolute atomic E-state index is 12.4. The number of amides is 1. The van der Waals surface area contributed by atoms with Crippen LogP contribution in [0.25, 0.3) is 0 Å². The number of rotatable bonds is 4. The van der Waals surface area contributed by atoms with Crippen LogP contribution in [0.5, 0.6) is 0 Å². The van der Waals surface area contributed by atoms with Crippen LogP contribution < -0.4 is 4.90 Å². The van der Waals surface area contributed by atoms with Crippen LogP contribution >= 0.6 is 11.6 Å². The summed E-state index contributed by atoms with van der Waals surface area (Å²) in [6.07, 6.45) is 1.40. The third-order valence-corrected chi connectivity index (χ3v) is 4.85. The van der Waals surface area contributed by atoms with Crippen LogP contribution in [0, 0.1) is 6.92 Å². The fourth-order valence-electron chi connectivity index (χ4n) is 3.17. The molecule has 0 aromatic heterocycles. The molecule has 1 saturated heterocycles. The molecule has 1 aliphatic rings. The van der Waals surface area contributed by atoms with E-state index in [2.05, 4.69) is 30.0 Å². The molecule has 3 nitrogen and oxygen atoms in total. The summed E-state index contributed by atoms with van der Waals surface area (Å²) in [5.74, 6) is 0.251. The highest BCUT2D eigenvalue weighted by atomic mass is 35.5. The third-order valence-electron chi connectivity index (χ3n) is 4.61. The number of carbonyl (C=O) groups excluding carboxylic acids is 1. The van der Waals surface area contributed by atoms with Crippen LogP contribution in [0.1, 0.15) is 17.5 Å². The van der Waals surface area contributed by atoms with Gasteiger partial charge in [0.05, 0.1) is 0 Å². The zero-order chi connectivity index (χ0) is 16.9. The van der Waals surface area contributed by atoms with Crippen LogP contribution in [0.4, 0.5) is 5.69 Å². The molecule has 24 heavy (non-hydrogen) atoms. The highest BCUT2D eigenvalue weighted by molar-refractivity contribution is 6.30. The van der Waals surface area contributed by atoms with E-state index in [1.54, 1.807) is 0 Å². The Kier molecular flexibility index (Phi) is 5.41. The van der Waals surface area contributed by atoms with Gasteiger partial charge in [0, 0.05) is 43.3 Å². The Morgan fingerprint density at radius 3 is 2.46 bits per heavy atom. The topological polar surface area (TPSA) is 23.6 Å². The average molecular weight is 343 g/mol. The van der Waals surface area contributed by atoms with E-state index < -0.39 is 0 Å². The summed E-state index contributed by atoms with van der Waals surface area (Å²) < 4.78 is 0. The van der Waals surface area contributed by atoms with Crippen LogP contribution in [-0.2, 0) is 11.2 Å². The van der Waals surface area contributed by atoms with E-state index in [0.29, 0.717) is 6.42 Å². The van der Waals surface area contributed by atoms with Crippen molar-refractivity contribution >= 4 is 23.2 Å². The Morgan fingerprint density at radius 2 is 1.75 bits per heavy atom. The van der Waals surface area contributed by atoms with Gasteiger partial charge in [0.1, 0.15) is 0 Å². The highest BCUT2D eigenvalue weighted by Crippen LogP contribution is 2.25. The van der Waals surface area contributed by atoms with Crippen molar-refractivity contribution in [2.45, 2.75) is 19.8 Å². The van der Waals surface area contributed by atoms with Crippen molar-refractivity contribution < 1.29 is 4.79 Å². The molecular formula is C20H23ClN2O. The predicted octanol–water partition coefficient (Wildman–Crippen LogP) is 3.93. The van der Waals surface area contributed by atoms with Crippen LogP contribution in [0.15, 0.2) is 48.5 Å². The smallest absolute Gasteiger partial charge is 0.223 e. The first-order chi connectivity index (χ1) is 11.6. The van der Waals surface area contributed by atoms with Gasteiger partial charge in [-0.1, -0.05) is 48.0 Å². The molecule has 2 aromatic carbocycles. The van der Waals surface area contributed by atoms with E-state index in [4.69, 9.17) is 11.6 Å². The fraction of sp³-hybridized carbons (Fsp3) is 0.350. The first-order valence-corrected chi connectivity index (χ1v) is 8.84. The molecule has 0 spiro atoms. The maximum atomic E-state index is 12.4. The third kappa shape index (κ3) is 4.09.